The second-order valence-electron chi connectivity index (χ2n) is 4.15. The molecular weight excluding hydrogens is 192 g/mol. The van der Waals surface area contributed by atoms with Gasteiger partial charge in [0.05, 0.1) is 6.20 Å². The first-order valence-corrected chi connectivity index (χ1v) is 4.82. The molecule has 2 rings (SSSR count). The molecule has 0 fully saturated rings. The van der Waals surface area contributed by atoms with Gasteiger partial charge in [-0.1, -0.05) is 0 Å². The Hall–Kier alpha value is -1.65. The molecule has 2 aromatic heterocycles. The maximum absolute atomic E-state index is 5.43. The van der Waals surface area contributed by atoms with Crippen LogP contribution in [0.3, 0.4) is 0 Å². The quantitative estimate of drug-likeness (QED) is 0.750. The summed E-state index contributed by atoms with van der Waals surface area (Å²) in [5.41, 5.74) is 0.703. The van der Waals surface area contributed by atoms with Crippen LogP contribution < -0.4 is 0 Å². The molecule has 0 saturated heterocycles. The Kier molecular flexibility index (Phi) is 2.10. The van der Waals surface area contributed by atoms with Gasteiger partial charge in [-0.3, -0.25) is 4.68 Å². The van der Waals surface area contributed by atoms with Gasteiger partial charge < -0.3 is 4.42 Å². The minimum absolute atomic E-state index is 0.407. The molecule has 2 aromatic rings. The summed E-state index contributed by atoms with van der Waals surface area (Å²) in [5, 5.41) is 12.1. The second kappa shape index (κ2) is 3.18. The van der Waals surface area contributed by atoms with Gasteiger partial charge in [0.15, 0.2) is 0 Å². The summed E-state index contributed by atoms with van der Waals surface area (Å²) >= 11 is 0. The van der Waals surface area contributed by atoms with Crippen LogP contribution in [0.25, 0.3) is 0 Å². The molecule has 5 heteroatoms. The van der Waals surface area contributed by atoms with E-state index in [0.717, 1.165) is 5.56 Å². The largest absolute Gasteiger partial charge is 0.423 e. The van der Waals surface area contributed by atoms with Crippen LogP contribution in [-0.2, 0) is 5.54 Å². The van der Waals surface area contributed by atoms with E-state index in [1.807, 2.05) is 37.8 Å². The number of rotatable bonds is 2. The van der Waals surface area contributed by atoms with Crippen molar-refractivity contribution in [3.05, 3.63) is 29.7 Å². The fraction of sp³-hybridized carbons (Fsp3) is 0.500. The van der Waals surface area contributed by atoms with Crippen LogP contribution in [0, 0.1) is 13.8 Å². The van der Waals surface area contributed by atoms with Crippen LogP contribution in [0.2, 0.25) is 0 Å². The van der Waals surface area contributed by atoms with Gasteiger partial charge in [0.25, 0.3) is 0 Å². The van der Waals surface area contributed by atoms with Crippen molar-refractivity contribution in [1.82, 2.24) is 20.0 Å². The molecule has 0 amide bonds. The lowest BCUT2D eigenvalue weighted by molar-refractivity contribution is 0.293. The summed E-state index contributed by atoms with van der Waals surface area (Å²) in [5.74, 6) is 1.14. The summed E-state index contributed by atoms with van der Waals surface area (Å²) in [6.45, 7) is 7.76. The predicted molar refractivity (Wildman–Crippen MR) is 54.4 cm³/mol. The van der Waals surface area contributed by atoms with E-state index in [0.29, 0.717) is 11.8 Å². The minimum Gasteiger partial charge on any atom is -0.423 e. The molecule has 0 aliphatic heterocycles. The summed E-state index contributed by atoms with van der Waals surface area (Å²) < 4.78 is 7.26. The van der Waals surface area contributed by atoms with Gasteiger partial charge >= 0.3 is 0 Å². The Morgan fingerprint density at radius 3 is 2.47 bits per heavy atom. The molecule has 0 saturated carbocycles. The first-order chi connectivity index (χ1) is 7.00. The zero-order valence-electron chi connectivity index (χ0n) is 9.35. The van der Waals surface area contributed by atoms with Crippen molar-refractivity contribution < 1.29 is 4.42 Å². The molecule has 0 radical (unpaired) electrons. The van der Waals surface area contributed by atoms with E-state index in [4.69, 9.17) is 4.42 Å². The molecule has 0 aliphatic rings. The van der Waals surface area contributed by atoms with Gasteiger partial charge in [0.1, 0.15) is 5.54 Å². The monoisotopic (exact) mass is 206 g/mol. The Morgan fingerprint density at radius 2 is 2.00 bits per heavy atom. The lowest BCUT2D eigenvalue weighted by atomic mass is 10.1. The highest BCUT2D eigenvalue weighted by Crippen LogP contribution is 2.23. The summed E-state index contributed by atoms with van der Waals surface area (Å²) in [6, 6.07) is 0. The smallest absolute Gasteiger partial charge is 0.243 e. The molecule has 15 heavy (non-hydrogen) atoms. The van der Waals surface area contributed by atoms with Crippen molar-refractivity contribution in [2.45, 2.75) is 33.2 Å². The normalized spacial score (nSPS) is 12.0. The Morgan fingerprint density at radius 1 is 1.27 bits per heavy atom. The van der Waals surface area contributed by atoms with Crippen LogP contribution in [0.1, 0.15) is 31.2 Å². The number of hydrogen-bond donors (Lipinski definition) is 0. The van der Waals surface area contributed by atoms with Gasteiger partial charge in [0, 0.05) is 13.1 Å². The standard InChI is InChI=1S/C10H14N4O/c1-7-5-11-14(6-7)10(3,4)9-13-12-8(2)15-9/h5-6H,1-4H3. The van der Waals surface area contributed by atoms with Crippen molar-refractivity contribution >= 4 is 0 Å². The molecule has 0 bridgehead atoms. The molecular formula is C10H14N4O. The fourth-order valence-electron chi connectivity index (χ4n) is 1.36. The van der Waals surface area contributed by atoms with Crippen molar-refractivity contribution in [3.8, 4) is 0 Å². The van der Waals surface area contributed by atoms with E-state index in [1.54, 1.807) is 6.92 Å². The highest BCUT2D eigenvalue weighted by atomic mass is 16.4. The van der Waals surface area contributed by atoms with Gasteiger partial charge in [-0.05, 0) is 26.3 Å². The Balaban J connectivity index is 2.42. The Bertz CT molecular complexity index is 427. The molecule has 80 valence electrons. The average molecular weight is 206 g/mol. The van der Waals surface area contributed by atoms with Crippen LogP contribution >= 0.6 is 0 Å². The van der Waals surface area contributed by atoms with Crippen molar-refractivity contribution in [2.75, 3.05) is 0 Å². The predicted octanol–water partition coefficient (Wildman–Crippen LogP) is 1.67. The third-order valence-corrected chi connectivity index (χ3v) is 2.33. The molecule has 0 aliphatic carbocycles. The first-order valence-electron chi connectivity index (χ1n) is 4.82. The number of aromatic nitrogens is 4. The number of aryl methyl sites for hydroxylation is 2. The number of hydrogen-bond acceptors (Lipinski definition) is 4. The maximum atomic E-state index is 5.43. The van der Waals surface area contributed by atoms with Crippen LogP contribution in [0.4, 0.5) is 0 Å². The van der Waals surface area contributed by atoms with Crippen LogP contribution in [0.15, 0.2) is 16.8 Å². The topological polar surface area (TPSA) is 56.7 Å². The molecule has 0 spiro atoms. The fourth-order valence-corrected chi connectivity index (χ4v) is 1.36. The third-order valence-electron chi connectivity index (χ3n) is 2.33. The van der Waals surface area contributed by atoms with Crippen LogP contribution in [-0.4, -0.2) is 20.0 Å². The molecule has 5 nitrogen and oxygen atoms in total. The molecule has 0 atom stereocenters. The van der Waals surface area contributed by atoms with E-state index in [2.05, 4.69) is 15.3 Å². The SMILES string of the molecule is Cc1cnn(C(C)(C)c2nnc(C)o2)c1. The van der Waals surface area contributed by atoms with Crippen molar-refractivity contribution in [2.24, 2.45) is 0 Å². The Labute approximate surface area is 88.1 Å². The molecule has 0 N–H and O–H groups in total. The third kappa shape index (κ3) is 1.65. The molecule has 0 aromatic carbocycles. The summed E-state index contributed by atoms with van der Waals surface area (Å²) in [4.78, 5) is 0. The maximum Gasteiger partial charge on any atom is 0.243 e. The minimum atomic E-state index is -0.407. The molecule has 2 heterocycles. The zero-order chi connectivity index (χ0) is 11.1. The van der Waals surface area contributed by atoms with E-state index in [9.17, 15) is 0 Å². The highest BCUT2D eigenvalue weighted by molar-refractivity contribution is 5.06. The lowest BCUT2D eigenvalue weighted by Crippen LogP contribution is -2.28. The molecule has 0 unspecified atom stereocenters. The van der Waals surface area contributed by atoms with Gasteiger partial charge in [0.2, 0.25) is 11.8 Å². The van der Waals surface area contributed by atoms with E-state index >= 15 is 0 Å². The van der Waals surface area contributed by atoms with Gasteiger partial charge in [-0.25, -0.2) is 0 Å². The average Bonchev–Trinajstić information content (AvgIpc) is 2.74. The van der Waals surface area contributed by atoms with E-state index in [1.165, 1.54) is 0 Å². The van der Waals surface area contributed by atoms with Gasteiger partial charge in [-0.15, -0.1) is 10.2 Å². The van der Waals surface area contributed by atoms with Crippen molar-refractivity contribution in [3.63, 3.8) is 0 Å². The summed E-state index contributed by atoms with van der Waals surface area (Å²) in [6.07, 6.45) is 3.77. The highest BCUT2D eigenvalue weighted by Gasteiger charge is 2.29. The summed E-state index contributed by atoms with van der Waals surface area (Å²) in [7, 11) is 0. The van der Waals surface area contributed by atoms with Crippen LogP contribution in [0.5, 0.6) is 0 Å². The lowest BCUT2D eigenvalue weighted by Gasteiger charge is -2.20. The zero-order valence-corrected chi connectivity index (χ0v) is 9.35. The van der Waals surface area contributed by atoms with Gasteiger partial charge in [-0.2, -0.15) is 5.10 Å². The van der Waals surface area contributed by atoms with E-state index < -0.39 is 5.54 Å². The van der Waals surface area contributed by atoms with Crippen molar-refractivity contribution in [1.29, 1.82) is 0 Å². The second-order valence-corrected chi connectivity index (χ2v) is 4.15. The van der Waals surface area contributed by atoms with E-state index in [-0.39, 0.29) is 0 Å². The first kappa shape index (κ1) is 9.89. The number of nitrogens with zero attached hydrogens (tertiary/aromatic N) is 4.